The summed E-state index contributed by atoms with van der Waals surface area (Å²) >= 11 is 2.02. The number of hydrogen-bond donors (Lipinski definition) is 2. The third-order valence-electron chi connectivity index (χ3n) is 0.834. The molecule has 0 aliphatic heterocycles. The second kappa shape index (κ2) is 5.08. The summed E-state index contributed by atoms with van der Waals surface area (Å²) in [4.78, 5) is 0. The van der Waals surface area contributed by atoms with E-state index in [9.17, 15) is 0 Å². The Kier molecular flexibility index (Phi) is 5.05. The Bertz CT molecular complexity index is 98.6. The highest BCUT2D eigenvalue weighted by atomic mass is 127. The highest BCUT2D eigenvalue weighted by molar-refractivity contribution is 14.1. The van der Waals surface area contributed by atoms with E-state index in [-0.39, 0.29) is 0 Å². The zero-order valence-corrected chi connectivity index (χ0v) is 6.90. The van der Waals surface area contributed by atoms with Gasteiger partial charge >= 0.3 is 0 Å². The molecule has 2 N–H and O–H groups in total. The van der Waals surface area contributed by atoms with Gasteiger partial charge in [-0.25, -0.2) is 0 Å². The second-order valence-electron chi connectivity index (χ2n) is 1.33. The van der Waals surface area contributed by atoms with Gasteiger partial charge in [-0.05, 0) is 12.0 Å². The molecule has 0 aliphatic carbocycles. The zero-order chi connectivity index (χ0) is 6.41. The molecule has 0 saturated heterocycles. The van der Waals surface area contributed by atoms with Crippen molar-refractivity contribution >= 4 is 29.1 Å². The standard InChI is InChI=1S/C5H9IN2/c1-2-5(3-7)4-8-6/h3-4,7-8H,2H2,1H3/b5-4-,7-3?. The van der Waals surface area contributed by atoms with Crippen LogP contribution >= 0.6 is 22.9 Å². The summed E-state index contributed by atoms with van der Waals surface area (Å²) in [5.41, 5.74) is 1.01. The first-order chi connectivity index (χ1) is 3.85. The number of allylic oxidation sites excluding steroid dienone is 1. The molecular formula is C5H9IN2. The number of halogens is 1. The van der Waals surface area contributed by atoms with Crippen LogP contribution in [-0.4, -0.2) is 6.21 Å². The van der Waals surface area contributed by atoms with Crippen molar-refractivity contribution in [3.63, 3.8) is 0 Å². The first kappa shape index (κ1) is 7.94. The molecule has 0 aromatic heterocycles. The lowest BCUT2D eigenvalue weighted by atomic mass is 10.2. The molecule has 0 heterocycles. The van der Waals surface area contributed by atoms with Gasteiger partial charge < -0.3 is 8.94 Å². The molecule has 0 fully saturated rings. The van der Waals surface area contributed by atoms with E-state index in [1.165, 1.54) is 6.21 Å². The molecule has 0 amide bonds. The van der Waals surface area contributed by atoms with Crippen LogP contribution in [0, 0.1) is 5.41 Å². The van der Waals surface area contributed by atoms with Gasteiger partial charge in [0.15, 0.2) is 0 Å². The first-order valence-corrected chi connectivity index (χ1v) is 3.48. The average Bonchev–Trinajstić information content (AvgIpc) is 1.83. The SMILES string of the molecule is CC/C(C=N)=C/NI. The molecular weight excluding hydrogens is 215 g/mol. The monoisotopic (exact) mass is 224 g/mol. The first-order valence-electron chi connectivity index (χ1n) is 2.40. The van der Waals surface area contributed by atoms with Crippen LogP contribution in [0.15, 0.2) is 11.8 Å². The lowest BCUT2D eigenvalue weighted by molar-refractivity contribution is 1.15. The van der Waals surface area contributed by atoms with Crippen LogP contribution < -0.4 is 3.53 Å². The lowest BCUT2D eigenvalue weighted by Crippen LogP contribution is -1.88. The van der Waals surface area contributed by atoms with Crippen molar-refractivity contribution < 1.29 is 0 Å². The van der Waals surface area contributed by atoms with Gasteiger partial charge in [0.05, 0.1) is 22.9 Å². The molecule has 46 valence electrons. The third-order valence-corrected chi connectivity index (χ3v) is 1.15. The van der Waals surface area contributed by atoms with Crippen LogP contribution in [0.2, 0.25) is 0 Å². The highest BCUT2D eigenvalue weighted by Crippen LogP contribution is 1.93. The Morgan fingerprint density at radius 1 is 1.88 bits per heavy atom. The lowest BCUT2D eigenvalue weighted by Gasteiger charge is -1.90. The van der Waals surface area contributed by atoms with Crippen molar-refractivity contribution in [2.45, 2.75) is 13.3 Å². The van der Waals surface area contributed by atoms with E-state index < -0.39 is 0 Å². The molecule has 3 heteroatoms. The summed E-state index contributed by atoms with van der Waals surface area (Å²) < 4.78 is 2.83. The Morgan fingerprint density at radius 3 is 2.62 bits per heavy atom. The van der Waals surface area contributed by atoms with Gasteiger partial charge in [0, 0.05) is 12.4 Å². The summed E-state index contributed by atoms with van der Waals surface area (Å²) in [5.74, 6) is 0. The minimum Gasteiger partial charge on any atom is -0.335 e. The number of rotatable bonds is 3. The molecule has 8 heavy (non-hydrogen) atoms. The molecule has 0 spiro atoms. The smallest absolute Gasteiger partial charge is 0.0555 e. The van der Waals surface area contributed by atoms with Crippen molar-refractivity contribution in [1.29, 1.82) is 5.41 Å². The van der Waals surface area contributed by atoms with E-state index in [2.05, 4.69) is 3.53 Å². The summed E-state index contributed by atoms with van der Waals surface area (Å²) in [6.07, 6.45) is 4.08. The normalized spacial score (nSPS) is 11.0. The fraction of sp³-hybridized carbons (Fsp3) is 0.400. The number of hydrogen-bond acceptors (Lipinski definition) is 2. The van der Waals surface area contributed by atoms with Crippen LogP contribution in [0.4, 0.5) is 0 Å². The minimum absolute atomic E-state index is 0.916. The van der Waals surface area contributed by atoms with Gasteiger partial charge in [-0.1, -0.05) is 6.92 Å². The quantitative estimate of drug-likeness (QED) is 0.428. The molecule has 0 rings (SSSR count). The largest absolute Gasteiger partial charge is 0.335 e. The van der Waals surface area contributed by atoms with E-state index in [0.29, 0.717) is 0 Å². The molecule has 2 nitrogen and oxygen atoms in total. The molecule has 0 saturated carbocycles. The van der Waals surface area contributed by atoms with Gasteiger partial charge in [-0.3, -0.25) is 0 Å². The van der Waals surface area contributed by atoms with Crippen LogP contribution in [0.5, 0.6) is 0 Å². The summed E-state index contributed by atoms with van der Waals surface area (Å²) in [5, 5.41) is 6.83. The van der Waals surface area contributed by atoms with E-state index in [1.54, 1.807) is 0 Å². The molecule has 0 unspecified atom stereocenters. The topological polar surface area (TPSA) is 35.9 Å². The molecule has 0 aliphatic rings. The Balaban J connectivity index is 3.66. The van der Waals surface area contributed by atoms with E-state index in [0.717, 1.165) is 12.0 Å². The van der Waals surface area contributed by atoms with Gasteiger partial charge in [0.25, 0.3) is 0 Å². The summed E-state index contributed by atoms with van der Waals surface area (Å²) in [6, 6.07) is 0. The maximum Gasteiger partial charge on any atom is 0.0555 e. The van der Waals surface area contributed by atoms with Crippen LogP contribution in [0.25, 0.3) is 0 Å². The number of nitrogens with one attached hydrogen (secondary N) is 2. The van der Waals surface area contributed by atoms with Crippen molar-refractivity contribution in [3.05, 3.63) is 11.8 Å². The predicted octanol–water partition coefficient (Wildman–Crippen LogP) is 1.87. The van der Waals surface area contributed by atoms with Gasteiger partial charge in [0.2, 0.25) is 0 Å². The maximum absolute atomic E-state index is 6.83. The van der Waals surface area contributed by atoms with Crippen molar-refractivity contribution in [3.8, 4) is 0 Å². The van der Waals surface area contributed by atoms with Crippen molar-refractivity contribution in [2.75, 3.05) is 0 Å². The molecule has 0 radical (unpaired) electrons. The van der Waals surface area contributed by atoms with E-state index in [4.69, 9.17) is 5.41 Å². The van der Waals surface area contributed by atoms with Crippen LogP contribution in [0.3, 0.4) is 0 Å². The Labute approximate surface area is 63.4 Å². The van der Waals surface area contributed by atoms with Gasteiger partial charge in [0.1, 0.15) is 0 Å². The highest BCUT2D eigenvalue weighted by Gasteiger charge is 1.82. The Morgan fingerprint density at radius 2 is 2.50 bits per heavy atom. The van der Waals surface area contributed by atoms with Gasteiger partial charge in [-0.2, -0.15) is 0 Å². The fourth-order valence-corrected chi connectivity index (χ4v) is 0.716. The average molecular weight is 224 g/mol. The predicted molar refractivity (Wildman–Crippen MR) is 44.3 cm³/mol. The zero-order valence-electron chi connectivity index (χ0n) is 4.74. The maximum atomic E-state index is 6.83. The molecule has 0 bridgehead atoms. The van der Waals surface area contributed by atoms with Gasteiger partial charge in [-0.15, -0.1) is 0 Å². The van der Waals surface area contributed by atoms with Crippen LogP contribution in [0.1, 0.15) is 13.3 Å². The van der Waals surface area contributed by atoms with Crippen LogP contribution in [-0.2, 0) is 0 Å². The Hall–Kier alpha value is -0.0600. The van der Waals surface area contributed by atoms with E-state index in [1.807, 2.05) is 36.0 Å². The molecule has 0 aromatic carbocycles. The molecule has 0 aromatic rings. The summed E-state index contributed by atoms with van der Waals surface area (Å²) in [7, 11) is 0. The third kappa shape index (κ3) is 3.01. The second-order valence-corrected chi connectivity index (χ2v) is 1.95. The van der Waals surface area contributed by atoms with E-state index >= 15 is 0 Å². The molecule has 0 atom stereocenters. The fourth-order valence-electron chi connectivity index (χ4n) is 0.316. The van der Waals surface area contributed by atoms with Crippen molar-refractivity contribution in [2.24, 2.45) is 0 Å². The van der Waals surface area contributed by atoms with Crippen molar-refractivity contribution in [1.82, 2.24) is 3.53 Å². The summed E-state index contributed by atoms with van der Waals surface area (Å²) in [6.45, 7) is 2.02. The minimum atomic E-state index is 0.916.